The van der Waals surface area contributed by atoms with Crippen LogP contribution < -0.4 is 11.1 Å². The minimum Gasteiger partial charge on any atom is -0.340 e. The Balaban J connectivity index is 2.05. The van der Waals surface area contributed by atoms with Crippen LogP contribution in [0.5, 0.6) is 0 Å². The standard InChI is InChI=1S/C16H25N3O2S/c1-11(2)13(18-14(20)12-5-4-8-22-12)15(21)19-7-6-16(3,9-17)10-19/h4-5,8,11,13H,6-7,9-10,17H2,1-3H3,(H,18,20). The number of nitrogens with two attached hydrogens (primary N) is 1. The third kappa shape index (κ3) is 3.67. The molecule has 1 aliphatic heterocycles. The lowest BCUT2D eigenvalue weighted by molar-refractivity contribution is -0.133. The van der Waals surface area contributed by atoms with E-state index >= 15 is 0 Å². The Bertz CT molecular complexity index is 530. The van der Waals surface area contributed by atoms with Gasteiger partial charge in [-0.25, -0.2) is 0 Å². The highest BCUT2D eigenvalue weighted by Crippen LogP contribution is 2.29. The summed E-state index contributed by atoms with van der Waals surface area (Å²) in [6.45, 7) is 7.97. The summed E-state index contributed by atoms with van der Waals surface area (Å²) in [6, 6.07) is 3.11. The van der Waals surface area contributed by atoms with Crippen LogP contribution in [0.1, 0.15) is 36.9 Å². The van der Waals surface area contributed by atoms with Gasteiger partial charge in [0.2, 0.25) is 5.91 Å². The molecule has 6 heteroatoms. The summed E-state index contributed by atoms with van der Waals surface area (Å²) in [5, 5.41) is 4.75. The molecule has 3 N–H and O–H groups in total. The lowest BCUT2D eigenvalue weighted by Gasteiger charge is -2.28. The minimum absolute atomic E-state index is 0.00270. The Labute approximate surface area is 135 Å². The Morgan fingerprint density at radius 1 is 1.50 bits per heavy atom. The first-order valence-electron chi connectivity index (χ1n) is 7.69. The summed E-state index contributed by atoms with van der Waals surface area (Å²) >= 11 is 1.38. The van der Waals surface area contributed by atoms with E-state index in [1.165, 1.54) is 11.3 Å². The van der Waals surface area contributed by atoms with Gasteiger partial charge in [-0.2, -0.15) is 0 Å². The third-order valence-corrected chi connectivity index (χ3v) is 5.20. The van der Waals surface area contributed by atoms with Crippen molar-refractivity contribution < 1.29 is 9.59 Å². The van der Waals surface area contributed by atoms with Crippen LogP contribution in [-0.2, 0) is 4.79 Å². The van der Waals surface area contributed by atoms with Gasteiger partial charge >= 0.3 is 0 Å². The largest absolute Gasteiger partial charge is 0.340 e. The van der Waals surface area contributed by atoms with Gasteiger partial charge in [0.15, 0.2) is 0 Å². The van der Waals surface area contributed by atoms with E-state index in [2.05, 4.69) is 12.2 Å². The van der Waals surface area contributed by atoms with Gasteiger partial charge in [-0.15, -0.1) is 11.3 Å². The maximum Gasteiger partial charge on any atom is 0.262 e. The second-order valence-electron chi connectivity index (χ2n) is 6.70. The molecule has 2 unspecified atom stereocenters. The van der Waals surface area contributed by atoms with Crippen LogP contribution in [0, 0.1) is 11.3 Å². The Kier molecular flexibility index (Phi) is 5.24. The van der Waals surface area contributed by atoms with Gasteiger partial charge in [0.05, 0.1) is 4.88 Å². The van der Waals surface area contributed by atoms with Gasteiger partial charge in [-0.1, -0.05) is 26.8 Å². The average Bonchev–Trinajstić information content (AvgIpc) is 3.13. The van der Waals surface area contributed by atoms with E-state index < -0.39 is 6.04 Å². The number of rotatable bonds is 5. The number of nitrogens with one attached hydrogen (secondary N) is 1. The number of nitrogens with zero attached hydrogens (tertiary/aromatic N) is 1. The van der Waals surface area contributed by atoms with E-state index in [4.69, 9.17) is 5.73 Å². The van der Waals surface area contributed by atoms with Gasteiger partial charge in [0.25, 0.3) is 5.91 Å². The Morgan fingerprint density at radius 3 is 2.73 bits per heavy atom. The third-order valence-electron chi connectivity index (χ3n) is 4.33. The summed E-state index contributed by atoms with van der Waals surface area (Å²) < 4.78 is 0. The number of carbonyl (C=O) groups excluding carboxylic acids is 2. The van der Waals surface area contributed by atoms with Gasteiger partial charge in [0, 0.05) is 13.1 Å². The molecule has 1 aromatic heterocycles. The molecule has 122 valence electrons. The molecule has 2 heterocycles. The first kappa shape index (κ1) is 17.0. The second kappa shape index (κ2) is 6.79. The fourth-order valence-electron chi connectivity index (χ4n) is 2.71. The van der Waals surface area contributed by atoms with E-state index in [1.54, 1.807) is 6.07 Å². The number of thiophene rings is 1. The zero-order chi connectivity index (χ0) is 16.3. The monoisotopic (exact) mass is 323 g/mol. The first-order chi connectivity index (χ1) is 10.4. The van der Waals surface area contributed by atoms with Gasteiger partial charge in [-0.3, -0.25) is 9.59 Å². The maximum atomic E-state index is 12.8. The zero-order valence-electron chi connectivity index (χ0n) is 13.5. The SMILES string of the molecule is CC(C)C(NC(=O)c1cccs1)C(=O)N1CCC(C)(CN)C1. The molecule has 1 aromatic rings. The highest BCUT2D eigenvalue weighted by molar-refractivity contribution is 7.12. The average molecular weight is 323 g/mol. The molecular weight excluding hydrogens is 298 g/mol. The van der Waals surface area contributed by atoms with Crippen LogP contribution in [0.3, 0.4) is 0 Å². The quantitative estimate of drug-likeness (QED) is 0.866. The number of amides is 2. The molecule has 2 amide bonds. The molecule has 1 aliphatic rings. The van der Waals surface area contributed by atoms with Crippen LogP contribution in [0.25, 0.3) is 0 Å². The summed E-state index contributed by atoms with van der Waals surface area (Å²) in [5.41, 5.74) is 5.80. The molecule has 0 aromatic carbocycles. The van der Waals surface area contributed by atoms with Crippen molar-refractivity contribution in [3.05, 3.63) is 22.4 Å². The predicted molar refractivity (Wildman–Crippen MR) is 88.8 cm³/mol. The van der Waals surface area contributed by atoms with Crippen LogP contribution in [0.2, 0.25) is 0 Å². The van der Waals surface area contributed by atoms with Crippen LogP contribution in [0.4, 0.5) is 0 Å². The maximum absolute atomic E-state index is 12.8. The number of carbonyl (C=O) groups is 2. The Morgan fingerprint density at radius 2 is 2.23 bits per heavy atom. The van der Waals surface area contributed by atoms with E-state index in [9.17, 15) is 9.59 Å². The van der Waals surface area contributed by atoms with Crippen molar-refractivity contribution in [2.45, 2.75) is 33.2 Å². The molecule has 2 atom stereocenters. The van der Waals surface area contributed by atoms with E-state index in [0.29, 0.717) is 24.5 Å². The summed E-state index contributed by atoms with van der Waals surface area (Å²) in [5.74, 6) is -0.138. The van der Waals surface area contributed by atoms with E-state index in [0.717, 1.165) is 6.42 Å². The molecule has 0 bridgehead atoms. The molecular formula is C16H25N3O2S. The zero-order valence-corrected chi connectivity index (χ0v) is 14.3. The number of hydrogen-bond donors (Lipinski definition) is 2. The molecule has 0 radical (unpaired) electrons. The second-order valence-corrected chi connectivity index (χ2v) is 7.64. The summed E-state index contributed by atoms with van der Waals surface area (Å²) in [6.07, 6.45) is 0.916. The summed E-state index contributed by atoms with van der Waals surface area (Å²) in [4.78, 5) is 27.5. The van der Waals surface area contributed by atoms with Crippen molar-refractivity contribution in [2.75, 3.05) is 19.6 Å². The summed E-state index contributed by atoms with van der Waals surface area (Å²) in [7, 11) is 0. The van der Waals surface area contributed by atoms with Crippen molar-refractivity contribution in [1.29, 1.82) is 0 Å². The minimum atomic E-state index is -0.491. The van der Waals surface area contributed by atoms with Gasteiger partial charge in [-0.05, 0) is 35.7 Å². The highest BCUT2D eigenvalue weighted by atomic mass is 32.1. The molecule has 1 fully saturated rings. The number of likely N-dealkylation sites (tertiary alicyclic amines) is 1. The molecule has 2 rings (SSSR count). The molecule has 0 aliphatic carbocycles. The number of hydrogen-bond acceptors (Lipinski definition) is 4. The molecule has 22 heavy (non-hydrogen) atoms. The van der Waals surface area contributed by atoms with Crippen molar-refractivity contribution >= 4 is 23.2 Å². The lowest BCUT2D eigenvalue weighted by Crippen LogP contribution is -2.51. The van der Waals surface area contributed by atoms with Crippen LogP contribution >= 0.6 is 11.3 Å². The van der Waals surface area contributed by atoms with E-state index in [1.807, 2.05) is 30.2 Å². The van der Waals surface area contributed by atoms with Crippen molar-refractivity contribution in [2.24, 2.45) is 17.1 Å². The highest BCUT2D eigenvalue weighted by Gasteiger charge is 2.38. The normalized spacial score (nSPS) is 22.9. The molecule has 5 nitrogen and oxygen atoms in total. The van der Waals surface area contributed by atoms with Gasteiger partial charge < -0.3 is 16.0 Å². The fraction of sp³-hybridized carbons (Fsp3) is 0.625. The first-order valence-corrected chi connectivity index (χ1v) is 8.57. The fourth-order valence-corrected chi connectivity index (χ4v) is 3.34. The van der Waals surface area contributed by atoms with Crippen molar-refractivity contribution in [1.82, 2.24) is 10.2 Å². The van der Waals surface area contributed by atoms with Gasteiger partial charge in [0.1, 0.15) is 6.04 Å². The molecule has 1 saturated heterocycles. The van der Waals surface area contributed by atoms with Crippen molar-refractivity contribution in [3.63, 3.8) is 0 Å². The smallest absolute Gasteiger partial charge is 0.262 e. The Hall–Kier alpha value is -1.40. The van der Waals surface area contributed by atoms with Crippen LogP contribution in [0.15, 0.2) is 17.5 Å². The molecule has 0 spiro atoms. The van der Waals surface area contributed by atoms with E-state index in [-0.39, 0.29) is 23.1 Å². The lowest BCUT2D eigenvalue weighted by atomic mass is 9.90. The van der Waals surface area contributed by atoms with Crippen molar-refractivity contribution in [3.8, 4) is 0 Å². The topological polar surface area (TPSA) is 75.4 Å². The van der Waals surface area contributed by atoms with Crippen LogP contribution in [-0.4, -0.2) is 42.4 Å². The predicted octanol–water partition coefficient (Wildman–Crippen LogP) is 1.70. The molecule has 0 saturated carbocycles.